The first-order valence-corrected chi connectivity index (χ1v) is 7.23. The fraction of sp³-hybridized carbons (Fsp3) is 0.300. The maximum atomic E-state index is 12.3. The third-order valence-electron chi connectivity index (χ3n) is 2.32. The number of alkyl halides is 2. The highest BCUT2D eigenvalue weighted by Gasteiger charge is 2.28. The second-order valence-electron chi connectivity index (χ2n) is 3.75. The minimum Gasteiger partial charge on any atom is -0.478 e. The van der Waals surface area contributed by atoms with Gasteiger partial charge in [0.1, 0.15) is 4.90 Å². The molecule has 0 unspecified atom stereocenters. The SMILES string of the molecule is CN(CC(F)F)S(=O)(=O)c1cc(Cl)cc(C(=O)O)c1Cl. The number of halogens is 4. The maximum absolute atomic E-state index is 12.3. The van der Waals surface area contributed by atoms with E-state index in [-0.39, 0.29) is 5.02 Å². The number of benzene rings is 1. The Bertz CT molecular complexity index is 636. The van der Waals surface area contributed by atoms with Crippen LogP contribution in [-0.2, 0) is 10.0 Å². The van der Waals surface area contributed by atoms with Gasteiger partial charge in [0, 0.05) is 12.1 Å². The van der Waals surface area contributed by atoms with Crippen molar-refractivity contribution in [3.05, 3.63) is 27.7 Å². The fourth-order valence-corrected chi connectivity index (χ4v) is 3.39. The van der Waals surface area contributed by atoms with E-state index in [0.717, 1.165) is 19.2 Å². The third-order valence-corrected chi connectivity index (χ3v) is 4.90. The molecule has 0 heterocycles. The summed E-state index contributed by atoms with van der Waals surface area (Å²) in [5.41, 5.74) is -0.525. The van der Waals surface area contributed by atoms with Crippen molar-refractivity contribution in [3.63, 3.8) is 0 Å². The van der Waals surface area contributed by atoms with Crippen molar-refractivity contribution in [2.45, 2.75) is 11.3 Å². The molecular formula is C10H9Cl2F2NO4S. The van der Waals surface area contributed by atoms with Crippen LogP contribution in [0.1, 0.15) is 10.4 Å². The molecule has 0 saturated carbocycles. The predicted molar refractivity (Wildman–Crippen MR) is 69.2 cm³/mol. The standard InChI is InChI=1S/C10H9Cl2F2NO4S/c1-15(4-8(13)14)20(18,19)7-3-5(11)2-6(9(7)12)10(16)17/h2-3,8H,4H2,1H3,(H,16,17). The lowest BCUT2D eigenvalue weighted by atomic mass is 10.2. The highest BCUT2D eigenvalue weighted by atomic mass is 35.5. The molecule has 1 rings (SSSR count). The van der Waals surface area contributed by atoms with E-state index in [9.17, 15) is 22.0 Å². The normalized spacial score (nSPS) is 12.2. The molecule has 0 amide bonds. The molecule has 0 aliphatic heterocycles. The van der Waals surface area contributed by atoms with Crippen LogP contribution in [0.25, 0.3) is 0 Å². The number of carboxylic acids is 1. The average Bonchev–Trinajstić information content (AvgIpc) is 2.30. The van der Waals surface area contributed by atoms with Crippen LogP contribution < -0.4 is 0 Å². The Morgan fingerprint density at radius 1 is 1.40 bits per heavy atom. The molecule has 0 fully saturated rings. The molecule has 20 heavy (non-hydrogen) atoms. The Morgan fingerprint density at radius 2 is 1.95 bits per heavy atom. The second-order valence-corrected chi connectivity index (χ2v) is 6.57. The maximum Gasteiger partial charge on any atom is 0.337 e. The molecule has 1 aromatic rings. The van der Waals surface area contributed by atoms with Gasteiger partial charge in [-0.3, -0.25) is 0 Å². The van der Waals surface area contributed by atoms with E-state index in [2.05, 4.69) is 0 Å². The highest BCUT2D eigenvalue weighted by molar-refractivity contribution is 7.89. The monoisotopic (exact) mass is 347 g/mol. The zero-order valence-electron chi connectivity index (χ0n) is 9.98. The molecule has 0 radical (unpaired) electrons. The van der Waals surface area contributed by atoms with Crippen molar-refractivity contribution < 1.29 is 27.1 Å². The van der Waals surface area contributed by atoms with Gasteiger partial charge in [-0.2, -0.15) is 4.31 Å². The number of aromatic carboxylic acids is 1. The molecule has 112 valence electrons. The van der Waals surface area contributed by atoms with Crippen molar-refractivity contribution in [2.24, 2.45) is 0 Å². The van der Waals surface area contributed by atoms with Gasteiger partial charge in [0.25, 0.3) is 6.43 Å². The Morgan fingerprint density at radius 3 is 2.40 bits per heavy atom. The van der Waals surface area contributed by atoms with Crippen LogP contribution in [0, 0.1) is 0 Å². The summed E-state index contributed by atoms with van der Waals surface area (Å²) in [5, 5.41) is 8.13. The first kappa shape index (κ1) is 17.1. The van der Waals surface area contributed by atoms with Crippen LogP contribution >= 0.6 is 23.2 Å². The van der Waals surface area contributed by atoms with E-state index in [1.54, 1.807) is 0 Å². The number of hydrogen-bond acceptors (Lipinski definition) is 3. The lowest BCUT2D eigenvalue weighted by Crippen LogP contribution is -2.31. The van der Waals surface area contributed by atoms with Crippen LogP contribution in [0.4, 0.5) is 8.78 Å². The molecule has 0 spiro atoms. The molecule has 0 aliphatic rings. The van der Waals surface area contributed by atoms with Crippen LogP contribution in [-0.4, -0.2) is 43.8 Å². The Labute approximate surface area is 123 Å². The summed E-state index contributed by atoms with van der Waals surface area (Å²) >= 11 is 11.3. The molecular weight excluding hydrogens is 339 g/mol. The number of carbonyl (C=O) groups is 1. The van der Waals surface area contributed by atoms with Crippen molar-refractivity contribution in [1.29, 1.82) is 0 Å². The van der Waals surface area contributed by atoms with Crippen LogP contribution in [0.2, 0.25) is 10.0 Å². The van der Waals surface area contributed by atoms with E-state index in [0.29, 0.717) is 4.31 Å². The Balaban J connectivity index is 3.43. The lowest BCUT2D eigenvalue weighted by Gasteiger charge is -2.18. The van der Waals surface area contributed by atoms with Gasteiger partial charge < -0.3 is 5.11 Å². The third kappa shape index (κ3) is 3.57. The van der Waals surface area contributed by atoms with Gasteiger partial charge in [0.05, 0.1) is 17.1 Å². The van der Waals surface area contributed by atoms with Crippen molar-refractivity contribution in [3.8, 4) is 0 Å². The fourth-order valence-electron chi connectivity index (χ4n) is 1.37. The molecule has 1 aromatic carbocycles. The van der Waals surface area contributed by atoms with Crippen molar-refractivity contribution >= 4 is 39.2 Å². The van der Waals surface area contributed by atoms with Gasteiger partial charge in [-0.15, -0.1) is 0 Å². The molecule has 0 atom stereocenters. The lowest BCUT2D eigenvalue weighted by molar-refractivity contribution is 0.0696. The summed E-state index contributed by atoms with van der Waals surface area (Å²) in [6, 6.07) is 1.88. The zero-order chi connectivity index (χ0) is 15.7. The predicted octanol–water partition coefficient (Wildman–Crippen LogP) is 2.58. The number of hydrogen-bond donors (Lipinski definition) is 1. The molecule has 10 heteroatoms. The van der Waals surface area contributed by atoms with Gasteiger partial charge >= 0.3 is 5.97 Å². The van der Waals surface area contributed by atoms with E-state index >= 15 is 0 Å². The smallest absolute Gasteiger partial charge is 0.337 e. The molecule has 5 nitrogen and oxygen atoms in total. The van der Waals surface area contributed by atoms with Crippen molar-refractivity contribution in [2.75, 3.05) is 13.6 Å². The first-order valence-electron chi connectivity index (χ1n) is 5.04. The average molecular weight is 348 g/mol. The van der Waals surface area contributed by atoms with Crippen molar-refractivity contribution in [1.82, 2.24) is 4.31 Å². The Kier molecular flexibility index (Phi) is 5.31. The largest absolute Gasteiger partial charge is 0.478 e. The van der Waals surface area contributed by atoms with Gasteiger partial charge in [-0.05, 0) is 12.1 Å². The number of nitrogens with zero attached hydrogens (tertiary/aromatic N) is 1. The van der Waals surface area contributed by atoms with Gasteiger partial charge in [0.15, 0.2) is 0 Å². The summed E-state index contributed by atoms with van der Waals surface area (Å²) in [4.78, 5) is 10.3. The summed E-state index contributed by atoms with van der Waals surface area (Å²) < 4.78 is 49.0. The second kappa shape index (κ2) is 6.21. The topological polar surface area (TPSA) is 74.7 Å². The minimum absolute atomic E-state index is 0.184. The van der Waals surface area contributed by atoms with E-state index in [1.165, 1.54) is 0 Å². The summed E-state index contributed by atoms with van der Waals surface area (Å²) in [6.07, 6.45) is -2.88. The molecule has 0 bridgehead atoms. The summed E-state index contributed by atoms with van der Waals surface area (Å²) in [6.45, 7) is -1.05. The van der Waals surface area contributed by atoms with E-state index in [1.807, 2.05) is 0 Å². The number of rotatable bonds is 5. The molecule has 0 saturated heterocycles. The van der Waals surface area contributed by atoms with Gasteiger partial charge in [-0.25, -0.2) is 22.0 Å². The highest BCUT2D eigenvalue weighted by Crippen LogP contribution is 2.31. The Hall–Kier alpha value is -0.960. The zero-order valence-corrected chi connectivity index (χ0v) is 12.3. The number of sulfonamides is 1. The number of carboxylic acid groups (broad SMARTS) is 1. The summed E-state index contributed by atoms with van der Waals surface area (Å²) in [5.74, 6) is -1.48. The van der Waals surface area contributed by atoms with Crippen LogP contribution in [0.15, 0.2) is 17.0 Å². The minimum atomic E-state index is -4.37. The molecule has 0 aromatic heterocycles. The molecule has 1 N–H and O–H groups in total. The van der Waals surface area contributed by atoms with Crippen LogP contribution in [0.3, 0.4) is 0 Å². The molecule has 0 aliphatic carbocycles. The van der Waals surface area contributed by atoms with E-state index < -0.39 is 44.4 Å². The first-order chi connectivity index (χ1) is 9.07. The van der Waals surface area contributed by atoms with E-state index in [4.69, 9.17) is 28.3 Å². The quantitative estimate of drug-likeness (QED) is 0.888. The van der Waals surface area contributed by atoms with Gasteiger partial charge in [0.2, 0.25) is 10.0 Å². The van der Waals surface area contributed by atoms with Gasteiger partial charge in [-0.1, -0.05) is 23.2 Å². The van der Waals surface area contributed by atoms with Crippen LogP contribution in [0.5, 0.6) is 0 Å². The summed E-state index contributed by atoms with van der Waals surface area (Å²) in [7, 11) is -3.44.